The van der Waals surface area contributed by atoms with E-state index >= 15 is 0 Å². The number of pyridine rings is 1. The van der Waals surface area contributed by atoms with Crippen LogP contribution >= 0.6 is 0 Å². The van der Waals surface area contributed by atoms with Gasteiger partial charge in [-0.1, -0.05) is 36.4 Å². The molecule has 6 rings (SSSR count). The first-order chi connectivity index (χ1) is 31.7. The van der Waals surface area contributed by atoms with Gasteiger partial charge in [0.15, 0.2) is 0 Å². The van der Waals surface area contributed by atoms with E-state index in [0.717, 1.165) is 16.0 Å². The number of ether oxygens (including phenoxy) is 5. The van der Waals surface area contributed by atoms with Crippen molar-refractivity contribution in [1.82, 2.24) is 25.4 Å². The van der Waals surface area contributed by atoms with Gasteiger partial charge in [0.2, 0.25) is 17.7 Å². The molecule has 354 valence electrons. The van der Waals surface area contributed by atoms with Gasteiger partial charge in [-0.15, -0.1) is 0 Å². The second kappa shape index (κ2) is 23.3. The lowest BCUT2D eigenvalue weighted by molar-refractivity contribution is -0.183. The van der Waals surface area contributed by atoms with E-state index in [9.17, 15) is 41.9 Å². The molecule has 1 saturated heterocycles. The minimum Gasteiger partial charge on any atom is -0.495 e. The lowest BCUT2D eigenvalue weighted by Gasteiger charge is -2.28. The molecule has 0 radical (unpaired) electrons. The molecule has 1 saturated carbocycles. The van der Waals surface area contributed by atoms with Crippen LogP contribution in [0, 0.1) is 11.8 Å². The molecule has 1 aliphatic carbocycles. The summed E-state index contributed by atoms with van der Waals surface area (Å²) in [6.45, 7) is 2.54. The van der Waals surface area contributed by atoms with Gasteiger partial charge in [-0.05, 0) is 73.4 Å². The van der Waals surface area contributed by atoms with Crippen LogP contribution in [0.3, 0.4) is 0 Å². The molecular formula is C47H54F3N5O11. The number of likely N-dealkylation sites (N-methyl/N-ethyl adjacent to an activating group) is 1. The fraction of sp³-hybridized carbons (Fsp3) is 0.468. The fourth-order valence-corrected chi connectivity index (χ4v) is 7.82. The van der Waals surface area contributed by atoms with Crippen molar-refractivity contribution in [2.24, 2.45) is 11.8 Å². The maximum absolute atomic E-state index is 13.1. The second-order valence-electron chi connectivity index (χ2n) is 16.2. The van der Waals surface area contributed by atoms with Crippen LogP contribution < -0.4 is 20.1 Å². The summed E-state index contributed by atoms with van der Waals surface area (Å²) in [5.74, 6) is -3.30. The average molecular weight is 922 g/mol. The number of fused-ring (bicyclic) bond motifs is 1. The van der Waals surface area contributed by atoms with Crippen LogP contribution in [0.1, 0.15) is 86.4 Å². The van der Waals surface area contributed by atoms with Gasteiger partial charge in [-0.25, -0.2) is 4.98 Å². The standard InChI is InChI=1S/C47H54F3N5O11/c1-54(16-17-63-18-19-64-20-21-65-22-23-66-35-12-13-36-37(27-35)46(61)55(45(36)60)39-14-15-41(56)53-44(39)59)42(57)25-31-4-3-5-32(24-31)28-52-43(58)38-26-33(40(62-2)29-51-38)9-6-30-7-10-34(11-8-30)47(48,49)50/h3-6,9,12-13,24,26-27,29-30,34,39H,7-8,10-11,14-23,25,28H2,1-2H3,(H,52,58)(H,53,56,59)/b9-6+/t30-,34-,39?. The molecular weight excluding hydrogens is 868 g/mol. The molecule has 0 bridgehead atoms. The number of nitrogens with one attached hydrogen (secondary N) is 2. The van der Waals surface area contributed by atoms with E-state index in [-0.39, 0.29) is 80.5 Å². The van der Waals surface area contributed by atoms with E-state index in [1.54, 1.807) is 30.2 Å². The molecule has 19 heteroatoms. The summed E-state index contributed by atoms with van der Waals surface area (Å²) in [6.07, 6.45) is 2.26. The highest BCUT2D eigenvalue weighted by molar-refractivity contribution is 6.23. The molecule has 3 aliphatic rings. The number of carbonyl (C=O) groups is 6. The van der Waals surface area contributed by atoms with E-state index in [1.807, 2.05) is 30.3 Å². The first-order valence-electron chi connectivity index (χ1n) is 21.8. The lowest BCUT2D eigenvalue weighted by atomic mass is 9.81. The zero-order chi connectivity index (χ0) is 47.2. The van der Waals surface area contributed by atoms with Gasteiger partial charge in [0.25, 0.3) is 17.7 Å². The third kappa shape index (κ3) is 13.4. The van der Waals surface area contributed by atoms with Crippen LogP contribution in [0.4, 0.5) is 13.2 Å². The van der Waals surface area contributed by atoms with Crippen LogP contribution in [0.25, 0.3) is 6.08 Å². The molecule has 2 fully saturated rings. The van der Waals surface area contributed by atoms with Gasteiger partial charge < -0.3 is 33.9 Å². The minimum absolute atomic E-state index is 0.00159. The summed E-state index contributed by atoms with van der Waals surface area (Å²) in [5.41, 5.74) is 2.62. The SMILES string of the molecule is COc1cnc(C(=O)NCc2cccc(CC(=O)N(C)CCOCCOCCOCCOc3ccc4c(c3)C(=O)N(C3CCC(=O)NC3=O)C4=O)c2)cc1/C=C/[C@H]1CC[C@H](C(F)(F)F)CC1. The van der Waals surface area contributed by atoms with E-state index < -0.39 is 47.7 Å². The summed E-state index contributed by atoms with van der Waals surface area (Å²) in [7, 11) is 3.17. The van der Waals surface area contributed by atoms with Crippen molar-refractivity contribution in [2.75, 3.05) is 67.0 Å². The number of allylic oxidation sites excluding steroid dienone is 1. The zero-order valence-electron chi connectivity index (χ0n) is 36.9. The Morgan fingerprint density at radius 3 is 2.24 bits per heavy atom. The van der Waals surface area contributed by atoms with Crippen molar-refractivity contribution in [3.63, 3.8) is 0 Å². The molecule has 1 aromatic heterocycles. The quantitative estimate of drug-likeness (QED) is 0.102. The molecule has 1 atom stereocenters. The van der Waals surface area contributed by atoms with E-state index in [1.165, 1.54) is 25.4 Å². The summed E-state index contributed by atoms with van der Waals surface area (Å²) < 4.78 is 67.0. The van der Waals surface area contributed by atoms with Gasteiger partial charge in [0, 0.05) is 32.1 Å². The molecule has 1 unspecified atom stereocenters. The summed E-state index contributed by atoms with van der Waals surface area (Å²) in [4.78, 5) is 82.4. The smallest absolute Gasteiger partial charge is 0.391 e. The van der Waals surface area contributed by atoms with Crippen LogP contribution in [-0.4, -0.2) is 129 Å². The number of hydrogen-bond acceptors (Lipinski definition) is 12. The minimum atomic E-state index is -4.17. The van der Waals surface area contributed by atoms with Gasteiger partial charge in [-0.3, -0.25) is 39.0 Å². The first kappa shape index (κ1) is 49.3. The highest BCUT2D eigenvalue weighted by Gasteiger charge is 2.45. The predicted molar refractivity (Wildman–Crippen MR) is 231 cm³/mol. The van der Waals surface area contributed by atoms with Crippen molar-refractivity contribution < 1.29 is 65.6 Å². The topological polar surface area (TPSA) is 192 Å². The molecule has 0 spiro atoms. The Bertz CT molecular complexity index is 2260. The van der Waals surface area contributed by atoms with Crippen molar-refractivity contribution in [2.45, 2.75) is 63.7 Å². The molecule has 3 heterocycles. The number of benzene rings is 2. The number of carbonyl (C=O) groups excluding carboxylic acids is 6. The maximum atomic E-state index is 13.1. The Morgan fingerprint density at radius 1 is 0.864 bits per heavy atom. The number of piperidine rings is 1. The zero-order valence-corrected chi connectivity index (χ0v) is 36.9. The average Bonchev–Trinajstić information content (AvgIpc) is 3.54. The molecule has 2 aromatic carbocycles. The molecule has 66 heavy (non-hydrogen) atoms. The number of halogens is 3. The highest BCUT2D eigenvalue weighted by atomic mass is 19.4. The van der Waals surface area contributed by atoms with Crippen molar-refractivity contribution in [1.29, 1.82) is 0 Å². The number of amides is 6. The molecule has 6 amide bonds. The number of methoxy groups -OCH3 is 1. The molecule has 2 N–H and O–H groups in total. The lowest BCUT2D eigenvalue weighted by Crippen LogP contribution is -2.54. The number of hydrogen-bond donors (Lipinski definition) is 2. The van der Waals surface area contributed by atoms with Crippen LogP contribution in [0.2, 0.25) is 0 Å². The Morgan fingerprint density at radius 2 is 1.55 bits per heavy atom. The second-order valence-corrected chi connectivity index (χ2v) is 16.2. The van der Waals surface area contributed by atoms with E-state index in [4.69, 9.17) is 23.7 Å². The number of aromatic nitrogens is 1. The highest BCUT2D eigenvalue weighted by Crippen LogP contribution is 2.40. The summed E-state index contributed by atoms with van der Waals surface area (Å²) in [6, 6.07) is 12.4. The van der Waals surface area contributed by atoms with E-state index in [0.29, 0.717) is 69.5 Å². The van der Waals surface area contributed by atoms with E-state index in [2.05, 4.69) is 15.6 Å². The normalized spacial score (nSPS) is 18.6. The number of alkyl halides is 3. The molecule has 3 aromatic rings. The van der Waals surface area contributed by atoms with Crippen molar-refractivity contribution in [3.05, 3.63) is 94.3 Å². The number of nitrogens with zero attached hydrogens (tertiary/aromatic N) is 3. The Kier molecular flexibility index (Phi) is 17.4. The first-order valence-corrected chi connectivity index (χ1v) is 21.8. The molecule has 16 nitrogen and oxygen atoms in total. The van der Waals surface area contributed by atoms with Crippen molar-refractivity contribution >= 4 is 41.5 Å². The largest absolute Gasteiger partial charge is 0.495 e. The number of imide groups is 2. The van der Waals surface area contributed by atoms with Gasteiger partial charge in [0.05, 0.1) is 76.4 Å². The summed E-state index contributed by atoms with van der Waals surface area (Å²) >= 11 is 0. The Hall–Kier alpha value is -6.18. The third-order valence-electron chi connectivity index (χ3n) is 11.6. The van der Waals surface area contributed by atoms with Crippen LogP contribution in [0.15, 0.2) is 60.8 Å². The number of rotatable bonds is 22. The van der Waals surface area contributed by atoms with Crippen LogP contribution in [-0.2, 0) is 41.6 Å². The van der Waals surface area contributed by atoms with Crippen molar-refractivity contribution in [3.8, 4) is 11.5 Å². The summed E-state index contributed by atoms with van der Waals surface area (Å²) in [5, 5.41) is 5.03. The Balaban J connectivity index is 0.810. The predicted octanol–water partition coefficient (Wildman–Crippen LogP) is 4.93. The fourth-order valence-electron chi connectivity index (χ4n) is 7.82. The third-order valence-corrected chi connectivity index (χ3v) is 11.6. The van der Waals surface area contributed by atoms with Gasteiger partial charge in [-0.2, -0.15) is 13.2 Å². The van der Waals surface area contributed by atoms with Gasteiger partial charge in [0.1, 0.15) is 29.8 Å². The molecule has 2 aliphatic heterocycles. The Labute approximate surface area is 380 Å². The maximum Gasteiger partial charge on any atom is 0.391 e. The monoisotopic (exact) mass is 921 g/mol. The van der Waals surface area contributed by atoms with Gasteiger partial charge >= 0.3 is 6.18 Å². The van der Waals surface area contributed by atoms with Crippen LogP contribution in [0.5, 0.6) is 11.5 Å².